The fourth-order valence-corrected chi connectivity index (χ4v) is 2.28. The molecule has 122 valence electrons. The molecule has 1 aromatic heterocycles. The molecule has 0 saturated heterocycles. The van der Waals surface area contributed by atoms with Gasteiger partial charge in [-0.1, -0.05) is 6.07 Å². The average molecular weight is 325 g/mol. The Balaban J connectivity index is 1.64. The highest BCUT2D eigenvalue weighted by molar-refractivity contribution is 5.94. The second kappa shape index (κ2) is 7.00. The predicted octanol–water partition coefficient (Wildman–Crippen LogP) is 4.02. The minimum Gasteiger partial charge on any atom is -0.497 e. The Labute approximate surface area is 138 Å². The maximum Gasteiger partial charge on any atom is 0.251 e. The van der Waals surface area contributed by atoms with Crippen molar-refractivity contribution in [3.05, 3.63) is 77.8 Å². The number of rotatable bonds is 5. The van der Waals surface area contributed by atoms with E-state index in [0.29, 0.717) is 22.8 Å². The number of halogens is 1. The van der Waals surface area contributed by atoms with Crippen molar-refractivity contribution < 1.29 is 18.3 Å². The van der Waals surface area contributed by atoms with Crippen LogP contribution in [0.15, 0.2) is 65.1 Å². The van der Waals surface area contributed by atoms with Gasteiger partial charge in [0, 0.05) is 11.1 Å². The van der Waals surface area contributed by atoms with Gasteiger partial charge in [0.1, 0.15) is 23.1 Å². The van der Waals surface area contributed by atoms with Gasteiger partial charge in [0.15, 0.2) is 0 Å². The van der Waals surface area contributed by atoms with Gasteiger partial charge in [0.25, 0.3) is 5.91 Å². The first-order valence-corrected chi connectivity index (χ1v) is 7.42. The fraction of sp³-hybridized carbons (Fsp3) is 0.105. The van der Waals surface area contributed by atoms with Crippen LogP contribution in [0.4, 0.5) is 4.39 Å². The van der Waals surface area contributed by atoms with Crippen LogP contribution < -0.4 is 10.1 Å². The van der Waals surface area contributed by atoms with Crippen molar-refractivity contribution in [1.82, 2.24) is 5.32 Å². The number of hydrogen-bond donors (Lipinski definition) is 1. The zero-order valence-corrected chi connectivity index (χ0v) is 13.1. The highest BCUT2D eigenvalue weighted by Gasteiger charge is 2.09. The molecule has 0 atom stereocenters. The van der Waals surface area contributed by atoms with E-state index in [1.165, 1.54) is 12.1 Å². The monoisotopic (exact) mass is 325 g/mol. The number of methoxy groups -OCH3 is 1. The third-order valence-corrected chi connectivity index (χ3v) is 3.55. The minimum atomic E-state index is -0.295. The van der Waals surface area contributed by atoms with Crippen molar-refractivity contribution in [2.24, 2.45) is 0 Å². The summed E-state index contributed by atoms with van der Waals surface area (Å²) in [5.41, 5.74) is 1.29. The molecule has 0 aliphatic carbocycles. The normalized spacial score (nSPS) is 10.4. The van der Waals surface area contributed by atoms with Gasteiger partial charge in [-0.2, -0.15) is 0 Å². The lowest BCUT2D eigenvalue weighted by molar-refractivity contribution is 0.0947. The predicted molar refractivity (Wildman–Crippen MR) is 88.3 cm³/mol. The number of amides is 1. The summed E-state index contributed by atoms with van der Waals surface area (Å²) in [4.78, 5) is 12.2. The Bertz CT molecular complexity index is 840. The van der Waals surface area contributed by atoms with Gasteiger partial charge >= 0.3 is 0 Å². The quantitative estimate of drug-likeness (QED) is 0.771. The van der Waals surface area contributed by atoms with Gasteiger partial charge in [-0.3, -0.25) is 4.79 Å². The topological polar surface area (TPSA) is 51.5 Å². The Morgan fingerprint density at radius 1 is 1.12 bits per heavy atom. The highest BCUT2D eigenvalue weighted by Crippen LogP contribution is 2.22. The molecule has 3 aromatic rings. The summed E-state index contributed by atoms with van der Waals surface area (Å²) >= 11 is 0. The molecule has 0 spiro atoms. The number of ether oxygens (including phenoxy) is 1. The molecule has 0 bridgehead atoms. The molecule has 4 nitrogen and oxygen atoms in total. The zero-order valence-electron chi connectivity index (χ0n) is 13.1. The molecule has 24 heavy (non-hydrogen) atoms. The van der Waals surface area contributed by atoms with E-state index in [4.69, 9.17) is 9.15 Å². The molecular weight excluding hydrogens is 309 g/mol. The Kier molecular flexibility index (Phi) is 4.61. The van der Waals surface area contributed by atoms with E-state index >= 15 is 0 Å². The summed E-state index contributed by atoms with van der Waals surface area (Å²) in [5, 5.41) is 2.79. The SMILES string of the molecule is COc1cccc(C(=O)NCc2ccc(-c3ccc(F)cc3)o2)c1. The number of hydrogen-bond acceptors (Lipinski definition) is 3. The second-order valence-electron chi connectivity index (χ2n) is 5.19. The second-order valence-corrected chi connectivity index (χ2v) is 5.19. The van der Waals surface area contributed by atoms with E-state index in [1.807, 2.05) is 0 Å². The largest absolute Gasteiger partial charge is 0.497 e. The third kappa shape index (κ3) is 3.63. The molecule has 0 aliphatic heterocycles. The van der Waals surface area contributed by atoms with Crippen molar-refractivity contribution in [3.63, 3.8) is 0 Å². The van der Waals surface area contributed by atoms with E-state index in [1.54, 1.807) is 55.6 Å². The van der Waals surface area contributed by atoms with Crippen LogP contribution in [-0.4, -0.2) is 13.0 Å². The summed E-state index contributed by atoms with van der Waals surface area (Å²) in [6.45, 7) is 0.261. The van der Waals surface area contributed by atoms with Crippen LogP contribution in [-0.2, 0) is 6.54 Å². The molecule has 1 heterocycles. The first-order valence-electron chi connectivity index (χ1n) is 7.42. The van der Waals surface area contributed by atoms with Crippen LogP contribution in [0.2, 0.25) is 0 Å². The van der Waals surface area contributed by atoms with E-state index in [-0.39, 0.29) is 18.3 Å². The molecule has 3 rings (SSSR count). The van der Waals surface area contributed by atoms with E-state index < -0.39 is 0 Å². The van der Waals surface area contributed by atoms with Gasteiger partial charge < -0.3 is 14.5 Å². The minimum absolute atomic E-state index is 0.214. The van der Waals surface area contributed by atoms with Crippen LogP contribution in [0.1, 0.15) is 16.1 Å². The van der Waals surface area contributed by atoms with E-state index in [2.05, 4.69) is 5.32 Å². The molecule has 1 N–H and O–H groups in total. The van der Waals surface area contributed by atoms with Crippen LogP contribution in [0, 0.1) is 5.82 Å². The van der Waals surface area contributed by atoms with Gasteiger partial charge in [-0.25, -0.2) is 4.39 Å². The first kappa shape index (κ1) is 15.8. The maximum atomic E-state index is 12.9. The molecular formula is C19H16FNO3. The molecule has 0 aliphatic rings. The molecule has 5 heteroatoms. The molecule has 0 radical (unpaired) electrons. The first-order chi connectivity index (χ1) is 11.7. The lowest BCUT2D eigenvalue weighted by Crippen LogP contribution is -2.22. The number of furan rings is 1. The van der Waals surface area contributed by atoms with Crippen molar-refractivity contribution in [3.8, 4) is 17.1 Å². The lowest BCUT2D eigenvalue weighted by atomic mass is 10.2. The van der Waals surface area contributed by atoms with Crippen molar-refractivity contribution >= 4 is 5.91 Å². The van der Waals surface area contributed by atoms with Crippen molar-refractivity contribution in [2.45, 2.75) is 6.54 Å². The van der Waals surface area contributed by atoms with Gasteiger partial charge in [0.05, 0.1) is 13.7 Å². The fourth-order valence-electron chi connectivity index (χ4n) is 2.28. The van der Waals surface area contributed by atoms with Gasteiger partial charge in [-0.15, -0.1) is 0 Å². The van der Waals surface area contributed by atoms with Gasteiger partial charge in [-0.05, 0) is 54.6 Å². The molecule has 2 aromatic carbocycles. The summed E-state index contributed by atoms with van der Waals surface area (Å²) in [6, 6.07) is 16.5. The highest BCUT2D eigenvalue weighted by atomic mass is 19.1. The van der Waals surface area contributed by atoms with Crippen LogP contribution in [0.5, 0.6) is 5.75 Å². The number of carbonyl (C=O) groups excluding carboxylic acids is 1. The molecule has 1 amide bonds. The zero-order chi connectivity index (χ0) is 16.9. The lowest BCUT2D eigenvalue weighted by Gasteiger charge is -2.05. The van der Waals surface area contributed by atoms with E-state index in [9.17, 15) is 9.18 Å². The van der Waals surface area contributed by atoms with Crippen molar-refractivity contribution in [2.75, 3.05) is 7.11 Å². The Morgan fingerprint density at radius 3 is 2.67 bits per heavy atom. The average Bonchev–Trinajstić information content (AvgIpc) is 3.09. The number of carbonyl (C=O) groups is 1. The standard InChI is InChI=1S/C19H16FNO3/c1-23-16-4-2-3-14(11-16)19(22)21-12-17-9-10-18(24-17)13-5-7-15(20)8-6-13/h2-11H,12H2,1H3,(H,21,22). The summed E-state index contributed by atoms with van der Waals surface area (Å²) < 4.78 is 23.7. The van der Waals surface area contributed by atoms with E-state index in [0.717, 1.165) is 5.56 Å². The third-order valence-electron chi connectivity index (χ3n) is 3.55. The molecule has 0 saturated carbocycles. The summed E-state index contributed by atoms with van der Waals surface area (Å²) in [5.74, 6) is 1.36. The molecule has 0 unspecified atom stereocenters. The summed E-state index contributed by atoms with van der Waals surface area (Å²) in [6.07, 6.45) is 0. The smallest absolute Gasteiger partial charge is 0.251 e. The van der Waals surface area contributed by atoms with Crippen LogP contribution in [0.3, 0.4) is 0 Å². The number of nitrogens with one attached hydrogen (secondary N) is 1. The maximum absolute atomic E-state index is 12.9. The molecule has 0 fully saturated rings. The number of benzene rings is 2. The van der Waals surface area contributed by atoms with Crippen LogP contribution >= 0.6 is 0 Å². The van der Waals surface area contributed by atoms with Crippen molar-refractivity contribution in [1.29, 1.82) is 0 Å². The Hall–Kier alpha value is -3.08. The van der Waals surface area contributed by atoms with Gasteiger partial charge in [0.2, 0.25) is 0 Å². The summed E-state index contributed by atoms with van der Waals surface area (Å²) in [7, 11) is 1.55. The Morgan fingerprint density at radius 2 is 1.92 bits per heavy atom. The van der Waals surface area contributed by atoms with Crippen LogP contribution in [0.25, 0.3) is 11.3 Å².